The van der Waals surface area contributed by atoms with Crippen LogP contribution in [0, 0.1) is 0 Å². The molecule has 1 aliphatic rings. The van der Waals surface area contributed by atoms with Crippen molar-refractivity contribution < 1.29 is 13.2 Å². The van der Waals surface area contributed by atoms with Crippen molar-refractivity contribution in [3.8, 4) is 0 Å². The van der Waals surface area contributed by atoms with E-state index in [0.29, 0.717) is 5.56 Å². The Kier molecular flexibility index (Phi) is 4.65. The fourth-order valence-electron chi connectivity index (χ4n) is 2.00. The van der Waals surface area contributed by atoms with Gasteiger partial charge >= 0.3 is 0 Å². The van der Waals surface area contributed by atoms with Gasteiger partial charge in [0.2, 0.25) is 10.0 Å². The van der Waals surface area contributed by atoms with Crippen LogP contribution in [0.25, 0.3) is 0 Å². The molecule has 1 N–H and O–H groups in total. The Morgan fingerprint density at radius 2 is 2.21 bits per heavy atom. The largest absolute Gasteiger partial charge is 0.295 e. The van der Waals surface area contributed by atoms with E-state index in [1.165, 1.54) is 19.1 Å². The lowest BCUT2D eigenvalue weighted by molar-refractivity contribution is 0.101. The van der Waals surface area contributed by atoms with Crippen LogP contribution in [0.3, 0.4) is 0 Å². The zero-order valence-electron chi connectivity index (χ0n) is 10.8. The highest BCUT2D eigenvalue weighted by atomic mass is 32.2. The fraction of sp³-hybridized carbons (Fsp3) is 0.462. The monoisotopic (exact) mass is 299 g/mol. The van der Waals surface area contributed by atoms with Crippen LogP contribution in [0.1, 0.15) is 30.1 Å². The number of carbonyl (C=O) groups excluding carboxylic acids is 1. The summed E-state index contributed by atoms with van der Waals surface area (Å²) < 4.78 is 27.2. The van der Waals surface area contributed by atoms with E-state index >= 15 is 0 Å². The zero-order chi connectivity index (χ0) is 13.9. The molecule has 0 radical (unpaired) electrons. The molecule has 1 unspecified atom stereocenters. The van der Waals surface area contributed by atoms with Gasteiger partial charge in [-0.05, 0) is 37.7 Å². The van der Waals surface area contributed by atoms with Gasteiger partial charge in [-0.2, -0.15) is 11.8 Å². The van der Waals surface area contributed by atoms with E-state index in [4.69, 9.17) is 0 Å². The molecule has 6 heteroatoms. The number of ketones is 1. The number of carbonyl (C=O) groups is 1. The molecular formula is C13H17NO3S2. The summed E-state index contributed by atoms with van der Waals surface area (Å²) in [5, 5.41) is 0. The van der Waals surface area contributed by atoms with E-state index in [1.807, 2.05) is 0 Å². The topological polar surface area (TPSA) is 63.2 Å². The van der Waals surface area contributed by atoms with Gasteiger partial charge in [0, 0.05) is 17.4 Å². The van der Waals surface area contributed by atoms with Gasteiger partial charge < -0.3 is 0 Å². The minimum atomic E-state index is -3.53. The fourth-order valence-corrected chi connectivity index (χ4v) is 4.50. The highest BCUT2D eigenvalue weighted by Gasteiger charge is 2.22. The van der Waals surface area contributed by atoms with Crippen molar-refractivity contribution in [2.45, 2.75) is 30.7 Å². The summed E-state index contributed by atoms with van der Waals surface area (Å²) in [7, 11) is -3.53. The summed E-state index contributed by atoms with van der Waals surface area (Å²) in [6.45, 7) is 1.43. The van der Waals surface area contributed by atoms with Crippen molar-refractivity contribution in [2.75, 3.05) is 11.5 Å². The lowest BCUT2D eigenvalue weighted by Crippen LogP contribution is -2.38. The van der Waals surface area contributed by atoms with Gasteiger partial charge in [-0.15, -0.1) is 0 Å². The molecule has 0 bridgehead atoms. The molecule has 0 saturated carbocycles. The second-order valence-corrected chi connectivity index (χ2v) is 7.48. The molecule has 1 aromatic rings. The van der Waals surface area contributed by atoms with Crippen LogP contribution in [-0.4, -0.2) is 31.7 Å². The van der Waals surface area contributed by atoms with Crippen LogP contribution in [0.2, 0.25) is 0 Å². The number of nitrogens with one attached hydrogen (secondary N) is 1. The van der Waals surface area contributed by atoms with E-state index in [9.17, 15) is 13.2 Å². The molecule has 0 spiro atoms. The second kappa shape index (κ2) is 6.07. The second-order valence-electron chi connectivity index (χ2n) is 4.62. The molecule has 0 amide bonds. The van der Waals surface area contributed by atoms with Crippen molar-refractivity contribution in [2.24, 2.45) is 0 Å². The number of hydrogen-bond acceptors (Lipinski definition) is 4. The van der Waals surface area contributed by atoms with Crippen LogP contribution in [0.5, 0.6) is 0 Å². The molecule has 4 nitrogen and oxygen atoms in total. The van der Waals surface area contributed by atoms with Crippen molar-refractivity contribution in [1.82, 2.24) is 4.72 Å². The van der Waals surface area contributed by atoms with E-state index in [-0.39, 0.29) is 16.7 Å². The van der Waals surface area contributed by atoms with Crippen molar-refractivity contribution in [1.29, 1.82) is 0 Å². The summed E-state index contributed by atoms with van der Waals surface area (Å²) in [4.78, 5) is 11.5. The maximum absolute atomic E-state index is 12.2. The van der Waals surface area contributed by atoms with Gasteiger partial charge in [-0.3, -0.25) is 4.79 Å². The van der Waals surface area contributed by atoms with Crippen LogP contribution in [0.4, 0.5) is 0 Å². The first kappa shape index (κ1) is 14.6. The third-order valence-electron chi connectivity index (χ3n) is 3.03. The van der Waals surface area contributed by atoms with Gasteiger partial charge in [-0.25, -0.2) is 13.1 Å². The molecule has 0 aromatic heterocycles. The molecule has 0 aliphatic carbocycles. The van der Waals surface area contributed by atoms with Crippen LogP contribution in [0.15, 0.2) is 29.2 Å². The Balaban J connectivity index is 2.18. The predicted molar refractivity (Wildman–Crippen MR) is 77.1 cm³/mol. The Hall–Kier alpha value is -0.850. The summed E-state index contributed by atoms with van der Waals surface area (Å²) in [6.07, 6.45) is 1.91. The van der Waals surface area contributed by atoms with Crippen molar-refractivity contribution in [3.63, 3.8) is 0 Å². The quantitative estimate of drug-likeness (QED) is 0.864. The third kappa shape index (κ3) is 3.81. The molecular weight excluding hydrogens is 282 g/mol. The number of thioether (sulfide) groups is 1. The Bertz CT molecular complexity index is 563. The number of benzene rings is 1. The molecule has 1 atom stereocenters. The first-order valence-electron chi connectivity index (χ1n) is 6.20. The maximum Gasteiger partial charge on any atom is 0.240 e. The first-order chi connectivity index (χ1) is 8.99. The van der Waals surface area contributed by atoms with Crippen molar-refractivity contribution >= 4 is 27.6 Å². The highest BCUT2D eigenvalue weighted by molar-refractivity contribution is 7.99. The zero-order valence-corrected chi connectivity index (χ0v) is 12.4. The number of sulfonamides is 1. The molecule has 104 valence electrons. The molecule has 1 heterocycles. The van der Waals surface area contributed by atoms with E-state index < -0.39 is 10.0 Å². The van der Waals surface area contributed by atoms with E-state index in [1.54, 1.807) is 23.9 Å². The van der Waals surface area contributed by atoms with Gasteiger partial charge in [-0.1, -0.05) is 12.1 Å². The van der Waals surface area contributed by atoms with Crippen LogP contribution >= 0.6 is 11.8 Å². The van der Waals surface area contributed by atoms with Gasteiger partial charge in [0.15, 0.2) is 5.78 Å². The maximum atomic E-state index is 12.2. The molecule has 1 fully saturated rings. The third-order valence-corrected chi connectivity index (χ3v) is 5.77. The SMILES string of the molecule is CC(=O)c1cccc(S(=O)(=O)NC2CCCSC2)c1. The lowest BCUT2D eigenvalue weighted by Gasteiger charge is -2.22. The summed E-state index contributed by atoms with van der Waals surface area (Å²) in [6, 6.07) is 6.16. The smallest absolute Gasteiger partial charge is 0.240 e. The normalized spacial score (nSPS) is 20.2. The van der Waals surface area contributed by atoms with Crippen molar-refractivity contribution in [3.05, 3.63) is 29.8 Å². The Labute approximate surface area is 118 Å². The predicted octanol–water partition coefficient (Wildman–Crippen LogP) is 2.06. The molecule has 19 heavy (non-hydrogen) atoms. The van der Waals surface area contributed by atoms with E-state index in [0.717, 1.165) is 24.3 Å². The summed E-state index contributed by atoms with van der Waals surface area (Å²) >= 11 is 1.77. The lowest BCUT2D eigenvalue weighted by atomic mass is 10.2. The molecule has 2 rings (SSSR count). The van der Waals surface area contributed by atoms with Gasteiger partial charge in [0.25, 0.3) is 0 Å². The number of Topliss-reactive ketones (excluding diaryl/α,β-unsaturated/α-hetero) is 1. The van der Waals surface area contributed by atoms with Gasteiger partial charge in [0.1, 0.15) is 0 Å². The average molecular weight is 299 g/mol. The molecule has 1 saturated heterocycles. The van der Waals surface area contributed by atoms with Crippen LogP contribution < -0.4 is 4.72 Å². The molecule has 1 aliphatic heterocycles. The minimum absolute atomic E-state index is 0.00951. The number of rotatable bonds is 4. The van der Waals surface area contributed by atoms with E-state index in [2.05, 4.69) is 4.72 Å². The summed E-state index contributed by atoms with van der Waals surface area (Å²) in [5.74, 6) is 1.77. The average Bonchev–Trinajstić information content (AvgIpc) is 2.39. The Morgan fingerprint density at radius 3 is 2.84 bits per heavy atom. The Morgan fingerprint density at radius 1 is 1.42 bits per heavy atom. The molecule has 1 aromatic carbocycles. The van der Waals surface area contributed by atoms with Crippen LogP contribution in [-0.2, 0) is 10.0 Å². The first-order valence-corrected chi connectivity index (χ1v) is 8.84. The highest BCUT2D eigenvalue weighted by Crippen LogP contribution is 2.19. The number of hydrogen-bond donors (Lipinski definition) is 1. The standard InChI is InChI=1S/C13H17NO3S2/c1-10(15)11-4-2-6-13(8-11)19(16,17)14-12-5-3-7-18-9-12/h2,4,6,8,12,14H,3,5,7,9H2,1H3. The summed E-state index contributed by atoms with van der Waals surface area (Å²) in [5.41, 5.74) is 0.417. The van der Waals surface area contributed by atoms with Gasteiger partial charge in [0.05, 0.1) is 4.90 Å². The minimum Gasteiger partial charge on any atom is -0.295 e.